The average molecular weight is 558 g/mol. The lowest BCUT2D eigenvalue weighted by molar-refractivity contribution is -0.137. The summed E-state index contributed by atoms with van der Waals surface area (Å²) in [6.45, 7) is -6.62. The van der Waals surface area contributed by atoms with Crippen molar-refractivity contribution >= 4 is 5.91 Å². The number of aryl methyl sites for hydroxylation is 1. The summed E-state index contributed by atoms with van der Waals surface area (Å²) < 4.78 is 99.2. The topological polar surface area (TPSA) is 59.6 Å². The van der Waals surface area contributed by atoms with Crippen LogP contribution >= 0.6 is 0 Å². The lowest BCUT2D eigenvalue weighted by Gasteiger charge is -2.26. The van der Waals surface area contributed by atoms with Gasteiger partial charge in [-0.2, -0.15) is 30.7 Å². The second-order valence-electron chi connectivity index (χ2n) is 8.37. The summed E-state index contributed by atoms with van der Waals surface area (Å²) in [6.07, 6.45) is -4.08. The van der Waals surface area contributed by atoms with E-state index in [1.165, 1.54) is 25.2 Å². The molecule has 3 aromatic carbocycles. The van der Waals surface area contributed by atoms with Crippen molar-refractivity contribution < 1.29 is 45.0 Å². The number of likely N-dealkylation sites (N-methyl/N-ethyl adjacent to an activating group) is 1. The molecule has 0 saturated heterocycles. The Morgan fingerprint density at radius 3 is 2.00 bits per heavy atom. The minimum Gasteiger partial charge on any atom is -0.431 e. The Balaban J connectivity index is 1.97. The zero-order chi connectivity index (χ0) is 28.6. The van der Waals surface area contributed by atoms with Gasteiger partial charge in [-0.1, -0.05) is 48.5 Å². The van der Waals surface area contributed by atoms with Crippen molar-refractivity contribution in [1.29, 1.82) is 0 Å². The normalized spacial score (nSPS) is 13.3. The van der Waals surface area contributed by atoms with Crippen LogP contribution in [-0.4, -0.2) is 26.2 Å². The van der Waals surface area contributed by atoms with Crippen LogP contribution in [-0.2, 0) is 17.4 Å². The number of hydrogen-bond acceptors (Lipinski definition) is 4. The minimum atomic E-state index is -4.50. The van der Waals surface area contributed by atoms with Gasteiger partial charge in [-0.25, -0.2) is 0 Å². The standard InChI is InChI=1S/C27H25F7N2O3/c1-35-24(37)23(17-5-3-2-4-6-17)36-20(13-9-16-7-11-19(12-8-16)27(32,33)34)18-10-14-21(38-25(28)29)22(15-18)39-26(30)31/h2-8,10-12,14-15,20,23,25-26,36H,9,13H2,1H3,(H,35,37)/t20-,23-/m0/s1. The van der Waals surface area contributed by atoms with Gasteiger partial charge < -0.3 is 14.8 Å². The quantitative estimate of drug-likeness (QED) is 0.244. The molecule has 0 aliphatic heterocycles. The predicted octanol–water partition coefficient (Wildman–Crippen LogP) is 6.66. The SMILES string of the molecule is CNC(=O)[C@@H](N[C@@H](CCc1ccc(C(F)(F)F)cc1)c1ccc(OC(F)F)c(OC(F)F)c1)c1ccccc1. The number of ether oxygens (including phenoxy) is 2. The van der Waals surface area contributed by atoms with E-state index in [1.807, 2.05) is 0 Å². The van der Waals surface area contributed by atoms with Crippen molar-refractivity contribution in [2.45, 2.75) is 44.3 Å². The molecule has 0 unspecified atom stereocenters. The summed E-state index contributed by atoms with van der Waals surface area (Å²) in [5.74, 6) is -1.66. The Morgan fingerprint density at radius 2 is 1.44 bits per heavy atom. The van der Waals surface area contributed by atoms with Crippen LogP contribution in [0, 0.1) is 0 Å². The maximum atomic E-state index is 13.0. The number of nitrogens with one attached hydrogen (secondary N) is 2. The maximum Gasteiger partial charge on any atom is 0.416 e. The van der Waals surface area contributed by atoms with Crippen molar-refractivity contribution in [3.05, 3.63) is 95.1 Å². The molecule has 0 aromatic heterocycles. The molecule has 12 heteroatoms. The molecule has 0 radical (unpaired) electrons. The second kappa shape index (κ2) is 13.3. The van der Waals surface area contributed by atoms with E-state index in [-0.39, 0.29) is 12.8 Å². The lowest BCUT2D eigenvalue weighted by Crippen LogP contribution is -2.38. The summed E-state index contributed by atoms with van der Waals surface area (Å²) >= 11 is 0. The third kappa shape index (κ3) is 8.60. The third-order valence-corrected chi connectivity index (χ3v) is 5.81. The van der Waals surface area contributed by atoms with Gasteiger partial charge in [-0.05, 0) is 53.8 Å². The molecule has 210 valence electrons. The van der Waals surface area contributed by atoms with Gasteiger partial charge in [0.2, 0.25) is 5.91 Å². The molecule has 0 spiro atoms. The predicted molar refractivity (Wildman–Crippen MR) is 129 cm³/mol. The highest BCUT2D eigenvalue weighted by molar-refractivity contribution is 5.83. The number of halogens is 7. The van der Waals surface area contributed by atoms with Gasteiger partial charge in [0.05, 0.1) is 5.56 Å². The number of benzene rings is 3. The molecule has 0 heterocycles. The van der Waals surface area contributed by atoms with Crippen LogP contribution in [0.2, 0.25) is 0 Å². The molecule has 0 aliphatic carbocycles. The molecule has 0 bridgehead atoms. The largest absolute Gasteiger partial charge is 0.431 e. The Hall–Kier alpha value is -3.80. The van der Waals surface area contributed by atoms with Crippen molar-refractivity contribution in [3.8, 4) is 11.5 Å². The number of rotatable bonds is 12. The van der Waals surface area contributed by atoms with Crippen LogP contribution in [0.1, 0.15) is 40.8 Å². The van der Waals surface area contributed by atoms with Gasteiger partial charge in [0.1, 0.15) is 6.04 Å². The maximum absolute atomic E-state index is 13.0. The van der Waals surface area contributed by atoms with Crippen LogP contribution < -0.4 is 20.1 Å². The monoisotopic (exact) mass is 558 g/mol. The fourth-order valence-electron chi connectivity index (χ4n) is 3.95. The fourth-order valence-corrected chi connectivity index (χ4v) is 3.95. The molecule has 0 fully saturated rings. The van der Waals surface area contributed by atoms with Crippen LogP contribution in [0.25, 0.3) is 0 Å². The number of carbonyl (C=O) groups is 1. The number of amides is 1. The number of carbonyl (C=O) groups excluding carboxylic acids is 1. The molecule has 2 N–H and O–H groups in total. The zero-order valence-corrected chi connectivity index (χ0v) is 20.5. The van der Waals surface area contributed by atoms with Crippen LogP contribution in [0.5, 0.6) is 11.5 Å². The fraction of sp³-hybridized carbons (Fsp3) is 0.296. The molecule has 5 nitrogen and oxygen atoms in total. The first-order chi connectivity index (χ1) is 18.5. The minimum absolute atomic E-state index is 0.189. The molecule has 3 rings (SSSR count). The first-order valence-electron chi connectivity index (χ1n) is 11.7. The van der Waals surface area contributed by atoms with E-state index in [0.717, 1.165) is 24.3 Å². The zero-order valence-electron chi connectivity index (χ0n) is 20.5. The third-order valence-electron chi connectivity index (χ3n) is 5.81. The smallest absolute Gasteiger partial charge is 0.416 e. The van der Waals surface area contributed by atoms with Crippen LogP contribution in [0.4, 0.5) is 30.7 Å². The molecule has 39 heavy (non-hydrogen) atoms. The van der Waals surface area contributed by atoms with Crippen molar-refractivity contribution in [1.82, 2.24) is 10.6 Å². The van der Waals surface area contributed by atoms with Crippen LogP contribution in [0.15, 0.2) is 72.8 Å². The average Bonchev–Trinajstić information content (AvgIpc) is 2.89. The van der Waals surface area contributed by atoms with E-state index in [2.05, 4.69) is 20.1 Å². The van der Waals surface area contributed by atoms with Crippen molar-refractivity contribution in [2.24, 2.45) is 0 Å². The van der Waals surface area contributed by atoms with E-state index < -0.39 is 54.5 Å². The lowest BCUT2D eigenvalue weighted by atomic mass is 9.95. The second-order valence-corrected chi connectivity index (χ2v) is 8.37. The molecule has 3 aromatic rings. The highest BCUT2D eigenvalue weighted by atomic mass is 19.4. The van der Waals surface area contributed by atoms with Gasteiger partial charge >= 0.3 is 19.4 Å². The van der Waals surface area contributed by atoms with Gasteiger partial charge in [-0.15, -0.1) is 0 Å². The van der Waals surface area contributed by atoms with Gasteiger partial charge in [0.25, 0.3) is 0 Å². The first kappa shape index (κ1) is 29.8. The molecule has 1 amide bonds. The first-order valence-corrected chi connectivity index (χ1v) is 11.7. The Bertz CT molecular complexity index is 1210. The number of alkyl halides is 7. The highest BCUT2D eigenvalue weighted by Crippen LogP contribution is 2.35. The van der Waals surface area contributed by atoms with E-state index >= 15 is 0 Å². The summed E-state index contributed by atoms with van der Waals surface area (Å²) in [7, 11) is 1.43. The summed E-state index contributed by atoms with van der Waals surface area (Å²) in [4.78, 5) is 12.8. The summed E-state index contributed by atoms with van der Waals surface area (Å²) in [6, 6.07) is 14.9. The van der Waals surface area contributed by atoms with Gasteiger partial charge in [-0.3, -0.25) is 10.1 Å². The van der Waals surface area contributed by atoms with Gasteiger partial charge in [0, 0.05) is 13.1 Å². The highest BCUT2D eigenvalue weighted by Gasteiger charge is 2.30. The van der Waals surface area contributed by atoms with E-state index in [0.29, 0.717) is 16.7 Å². The van der Waals surface area contributed by atoms with Crippen LogP contribution in [0.3, 0.4) is 0 Å². The Morgan fingerprint density at radius 1 is 0.821 bits per heavy atom. The van der Waals surface area contributed by atoms with Crippen molar-refractivity contribution in [2.75, 3.05) is 7.05 Å². The molecule has 0 saturated carbocycles. The molecular formula is C27H25F7N2O3. The van der Waals surface area contributed by atoms with E-state index in [9.17, 15) is 35.5 Å². The molecular weight excluding hydrogens is 533 g/mol. The van der Waals surface area contributed by atoms with Crippen molar-refractivity contribution in [3.63, 3.8) is 0 Å². The molecule has 2 atom stereocenters. The number of hydrogen-bond donors (Lipinski definition) is 2. The summed E-state index contributed by atoms with van der Waals surface area (Å²) in [5.41, 5.74) is 0.614. The van der Waals surface area contributed by atoms with E-state index in [1.54, 1.807) is 30.3 Å². The van der Waals surface area contributed by atoms with E-state index in [4.69, 9.17) is 0 Å². The summed E-state index contributed by atoms with van der Waals surface area (Å²) in [5, 5.41) is 5.71. The molecule has 0 aliphatic rings. The Kier molecular flexibility index (Phi) is 10.2. The Labute approximate surface area is 219 Å². The van der Waals surface area contributed by atoms with Gasteiger partial charge in [0.15, 0.2) is 11.5 Å².